The fraction of sp³-hybridized carbons (Fsp3) is 0.444. The van der Waals surface area contributed by atoms with E-state index in [0.29, 0.717) is 11.9 Å². The fourth-order valence-corrected chi connectivity index (χ4v) is 3.61. The van der Waals surface area contributed by atoms with Crippen molar-refractivity contribution < 1.29 is 0 Å². The molecule has 128 valence electrons. The Morgan fingerprint density at radius 1 is 1.33 bits per heavy atom. The van der Waals surface area contributed by atoms with Crippen molar-refractivity contribution in [3.8, 4) is 0 Å². The van der Waals surface area contributed by atoms with Crippen LogP contribution in [-0.4, -0.2) is 48.6 Å². The molecule has 5 nitrogen and oxygen atoms in total. The van der Waals surface area contributed by atoms with E-state index in [2.05, 4.69) is 57.9 Å². The predicted molar refractivity (Wildman–Crippen MR) is 102 cm³/mol. The zero-order chi connectivity index (χ0) is 16.9. The highest BCUT2D eigenvalue weighted by atomic mass is 32.1. The van der Waals surface area contributed by atoms with Crippen molar-refractivity contribution in [1.29, 1.82) is 0 Å². The first-order valence-corrected chi connectivity index (χ1v) is 9.27. The zero-order valence-electron chi connectivity index (χ0n) is 14.4. The highest BCUT2D eigenvalue weighted by molar-refractivity contribution is 7.13. The van der Waals surface area contributed by atoms with Crippen molar-refractivity contribution in [2.45, 2.75) is 19.8 Å². The maximum absolute atomic E-state index is 6.21. The van der Waals surface area contributed by atoms with Gasteiger partial charge in [0.25, 0.3) is 0 Å². The Morgan fingerprint density at radius 3 is 2.79 bits per heavy atom. The van der Waals surface area contributed by atoms with Crippen molar-refractivity contribution in [1.82, 2.24) is 9.88 Å². The van der Waals surface area contributed by atoms with Gasteiger partial charge in [-0.1, -0.05) is 36.8 Å². The summed E-state index contributed by atoms with van der Waals surface area (Å²) >= 11 is 1.69. The molecule has 1 aromatic carbocycles. The van der Waals surface area contributed by atoms with Crippen LogP contribution in [0.15, 0.2) is 40.8 Å². The number of rotatable bonds is 4. The van der Waals surface area contributed by atoms with E-state index in [9.17, 15) is 0 Å². The molecule has 3 rings (SSSR count). The second kappa shape index (κ2) is 7.66. The number of guanidine groups is 1. The summed E-state index contributed by atoms with van der Waals surface area (Å²) in [6, 6.07) is 8.61. The van der Waals surface area contributed by atoms with Gasteiger partial charge in [-0.25, -0.2) is 4.98 Å². The molecule has 2 aromatic rings. The maximum atomic E-state index is 6.21. The van der Waals surface area contributed by atoms with Gasteiger partial charge in [0, 0.05) is 50.2 Å². The Hall–Kier alpha value is -2.08. The number of benzene rings is 1. The molecule has 0 amide bonds. The summed E-state index contributed by atoms with van der Waals surface area (Å²) < 4.78 is 0. The fourth-order valence-electron chi connectivity index (χ4n) is 2.91. The van der Waals surface area contributed by atoms with Crippen LogP contribution in [0.4, 0.5) is 5.13 Å². The number of nitrogens with zero attached hydrogens (tertiary/aromatic N) is 4. The van der Waals surface area contributed by atoms with Crippen LogP contribution in [0.5, 0.6) is 0 Å². The molecule has 0 saturated carbocycles. The van der Waals surface area contributed by atoms with Gasteiger partial charge in [0.2, 0.25) is 0 Å². The van der Waals surface area contributed by atoms with Gasteiger partial charge in [-0.3, -0.25) is 4.99 Å². The van der Waals surface area contributed by atoms with Gasteiger partial charge in [-0.2, -0.15) is 0 Å². The molecule has 1 aliphatic heterocycles. The van der Waals surface area contributed by atoms with Crippen LogP contribution in [0, 0.1) is 6.92 Å². The van der Waals surface area contributed by atoms with Crippen LogP contribution < -0.4 is 10.6 Å². The van der Waals surface area contributed by atoms with E-state index in [4.69, 9.17) is 5.73 Å². The number of thiazole rings is 1. The zero-order valence-corrected chi connectivity index (χ0v) is 15.2. The van der Waals surface area contributed by atoms with Crippen molar-refractivity contribution in [2.24, 2.45) is 10.7 Å². The monoisotopic (exact) mass is 343 g/mol. The molecule has 0 spiro atoms. The Bertz CT molecular complexity index is 674. The van der Waals surface area contributed by atoms with Gasteiger partial charge in [0.15, 0.2) is 11.1 Å². The lowest BCUT2D eigenvalue weighted by Crippen LogP contribution is -2.51. The van der Waals surface area contributed by atoms with Crippen LogP contribution in [0.2, 0.25) is 0 Å². The van der Waals surface area contributed by atoms with Gasteiger partial charge in [0.1, 0.15) is 0 Å². The number of piperazine rings is 1. The molecular weight excluding hydrogens is 318 g/mol. The summed E-state index contributed by atoms with van der Waals surface area (Å²) in [6.45, 7) is 8.72. The van der Waals surface area contributed by atoms with Gasteiger partial charge in [0.05, 0.1) is 0 Å². The normalized spacial score (nSPS) is 17.2. The molecule has 2 heterocycles. The summed E-state index contributed by atoms with van der Waals surface area (Å²) in [7, 11) is 0. The lowest BCUT2D eigenvalue weighted by Gasteiger charge is -2.35. The molecule has 1 aromatic heterocycles. The van der Waals surface area contributed by atoms with Gasteiger partial charge in [-0.15, -0.1) is 11.3 Å². The molecule has 24 heavy (non-hydrogen) atoms. The van der Waals surface area contributed by atoms with Crippen molar-refractivity contribution in [3.63, 3.8) is 0 Å². The molecule has 1 atom stereocenters. The lowest BCUT2D eigenvalue weighted by molar-refractivity contribution is 0.380. The minimum Gasteiger partial charge on any atom is -0.370 e. The summed E-state index contributed by atoms with van der Waals surface area (Å²) in [5.41, 5.74) is 8.82. The third-order valence-corrected chi connectivity index (χ3v) is 5.26. The summed E-state index contributed by atoms with van der Waals surface area (Å²) in [5, 5.41) is 3.11. The molecule has 6 heteroatoms. The van der Waals surface area contributed by atoms with Crippen molar-refractivity contribution >= 4 is 22.4 Å². The van der Waals surface area contributed by atoms with Crippen LogP contribution in [0.3, 0.4) is 0 Å². The van der Waals surface area contributed by atoms with Gasteiger partial charge >= 0.3 is 0 Å². The molecule has 1 unspecified atom stereocenters. The number of nitrogens with two attached hydrogens (primary N) is 1. The summed E-state index contributed by atoms with van der Waals surface area (Å²) in [6.07, 6.45) is 1.86. The number of aliphatic imine (C=N–C) groups is 1. The number of aromatic nitrogens is 1. The van der Waals surface area contributed by atoms with E-state index < -0.39 is 0 Å². The SMILES string of the molecule is Cc1cccc(C(C)CN=C(N)N2CCN(c3nccs3)CC2)c1. The minimum atomic E-state index is 0.375. The van der Waals surface area contributed by atoms with Crippen LogP contribution in [-0.2, 0) is 0 Å². The average Bonchev–Trinajstić information content (AvgIpc) is 3.14. The van der Waals surface area contributed by atoms with E-state index in [1.807, 2.05) is 11.6 Å². The highest BCUT2D eigenvalue weighted by Crippen LogP contribution is 2.19. The molecule has 1 fully saturated rings. The Kier molecular flexibility index (Phi) is 5.35. The Labute approximate surface area is 147 Å². The summed E-state index contributed by atoms with van der Waals surface area (Å²) in [4.78, 5) is 13.5. The number of aryl methyl sites for hydroxylation is 1. The topological polar surface area (TPSA) is 57.8 Å². The van der Waals surface area contributed by atoms with Crippen molar-refractivity contribution in [3.05, 3.63) is 47.0 Å². The largest absolute Gasteiger partial charge is 0.370 e. The first-order valence-electron chi connectivity index (χ1n) is 8.39. The first kappa shape index (κ1) is 16.8. The Balaban J connectivity index is 1.53. The molecule has 0 radical (unpaired) electrons. The smallest absolute Gasteiger partial charge is 0.191 e. The second-order valence-electron chi connectivity index (χ2n) is 6.30. The minimum absolute atomic E-state index is 0.375. The van der Waals surface area contributed by atoms with Crippen LogP contribution >= 0.6 is 11.3 Å². The quantitative estimate of drug-likeness (QED) is 0.685. The summed E-state index contributed by atoms with van der Waals surface area (Å²) in [5.74, 6) is 1.04. The van der Waals surface area contributed by atoms with E-state index >= 15 is 0 Å². The third-order valence-electron chi connectivity index (χ3n) is 4.43. The van der Waals surface area contributed by atoms with Gasteiger partial charge in [-0.05, 0) is 12.5 Å². The standard InChI is InChI=1S/C18H25N5S/c1-14-4-3-5-16(12-14)15(2)13-21-17(19)22-7-9-23(10-8-22)18-20-6-11-24-18/h3-6,11-12,15H,7-10,13H2,1-2H3,(H2,19,21). The van der Waals surface area contributed by atoms with Crippen LogP contribution in [0.25, 0.3) is 0 Å². The van der Waals surface area contributed by atoms with Crippen molar-refractivity contribution in [2.75, 3.05) is 37.6 Å². The number of anilines is 1. The third kappa shape index (κ3) is 4.06. The molecule has 1 aliphatic rings. The number of hydrogen-bond donors (Lipinski definition) is 1. The maximum Gasteiger partial charge on any atom is 0.191 e. The average molecular weight is 344 g/mol. The number of hydrogen-bond acceptors (Lipinski definition) is 4. The molecule has 2 N–H and O–H groups in total. The van der Waals surface area contributed by atoms with E-state index in [-0.39, 0.29) is 0 Å². The van der Waals surface area contributed by atoms with Gasteiger partial charge < -0.3 is 15.5 Å². The first-order chi connectivity index (χ1) is 11.6. The molecule has 0 aliphatic carbocycles. The van der Waals surface area contributed by atoms with Crippen LogP contribution in [0.1, 0.15) is 24.0 Å². The second-order valence-corrected chi connectivity index (χ2v) is 7.18. The van der Waals surface area contributed by atoms with E-state index in [1.54, 1.807) is 11.3 Å². The molecular formula is C18H25N5S. The van der Waals surface area contributed by atoms with E-state index in [1.165, 1.54) is 11.1 Å². The molecule has 0 bridgehead atoms. The Morgan fingerprint density at radius 2 is 2.12 bits per heavy atom. The highest BCUT2D eigenvalue weighted by Gasteiger charge is 2.19. The predicted octanol–water partition coefficient (Wildman–Crippen LogP) is 2.69. The lowest BCUT2D eigenvalue weighted by atomic mass is 10.00. The molecule has 1 saturated heterocycles. The van der Waals surface area contributed by atoms with E-state index in [0.717, 1.165) is 37.9 Å².